The summed E-state index contributed by atoms with van der Waals surface area (Å²) in [6.07, 6.45) is 0.618. The summed E-state index contributed by atoms with van der Waals surface area (Å²) in [5.74, 6) is -0.970. The molecule has 0 aromatic carbocycles. The summed E-state index contributed by atoms with van der Waals surface area (Å²) < 4.78 is 0. The van der Waals surface area contributed by atoms with E-state index in [1.807, 2.05) is 0 Å². The molecule has 15 heavy (non-hydrogen) atoms. The molecule has 1 unspecified atom stereocenters. The van der Waals surface area contributed by atoms with Crippen molar-refractivity contribution in [3.8, 4) is 0 Å². The number of nitrogens with one attached hydrogen (secondary N) is 1. The Labute approximate surface area is 87.8 Å². The van der Waals surface area contributed by atoms with E-state index in [0.717, 1.165) is 4.90 Å². The molecule has 0 aromatic rings. The molecule has 3 N–H and O–H groups in total. The number of piperidine rings is 1. The van der Waals surface area contributed by atoms with Crippen molar-refractivity contribution >= 4 is 17.7 Å². The van der Waals surface area contributed by atoms with E-state index in [4.69, 9.17) is 5.73 Å². The fourth-order valence-corrected chi connectivity index (χ4v) is 1.35. The lowest BCUT2D eigenvalue weighted by Gasteiger charge is -2.28. The lowest BCUT2D eigenvalue weighted by molar-refractivity contribution is -0.149. The summed E-state index contributed by atoms with van der Waals surface area (Å²) in [5, 5.41) is 2.51. The number of nitrogens with two attached hydrogens (primary N) is 1. The van der Waals surface area contributed by atoms with Gasteiger partial charge in [-0.3, -0.25) is 19.3 Å². The van der Waals surface area contributed by atoms with Crippen LogP contribution in [0.1, 0.15) is 19.8 Å². The predicted molar refractivity (Wildman–Crippen MR) is 52.6 cm³/mol. The Balaban J connectivity index is 2.61. The minimum atomic E-state index is -0.652. The summed E-state index contributed by atoms with van der Waals surface area (Å²) in [5.41, 5.74) is 5.36. The molecular weight excluding hydrogens is 198 g/mol. The number of hydrogen-bond donors (Lipinski definition) is 2. The number of nitrogens with zero attached hydrogens (tertiary/aromatic N) is 1. The number of carbonyl (C=O) groups is 3. The number of imide groups is 1. The van der Waals surface area contributed by atoms with Crippen LogP contribution in [0.3, 0.4) is 0 Å². The van der Waals surface area contributed by atoms with Gasteiger partial charge in [-0.1, -0.05) is 0 Å². The highest BCUT2D eigenvalue weighted by molar-refractivity contribution is 6.01. The number of carbonyl (C=O) groups excluding carboxylic acids is 3. The minimum absolute atomic E-state index is 0.216. The molecule has 0 saturated carbocycles. The van der Waals surface area contributed by atoms with Crippen molar-refractivity contribution in [2.45, 2.75) is 31.8 Å². The summed E-state index contributed by atoms with van der Waals surface area (Å²) in [6, 6.07) is -1.27. The first-order valence-corrected chi connectivity index (χ1v) is 4.80. The van der Waals surface area contributed by atoms with Crippen molar-refractivity contribution in [3.05, 3.63) is 0 Å². The molecule has 0 aromatic heterocycles. The van der Waals surface area contributed by atoms with Gasteiger partial charge in [0.25, 0.3) is 5.91 Å². The zero-order valence-corrected chi connectivity index (χ0v) is 8.82. The molecule has 6 nitrogen and oxygen atoms in total. The van der Waals surface area contributed by atoms with Crippen LogP contribution in [0.15, 0.2) is 0 Å². The van der Waals surface area contributed by atoms with E-state index < -0.39 is 12.1 Å². The van der Waals surface area contributed by atoms with Crippen LogP contribution < -0.4 is 11.1 Å². The Bertz CT molecular complexity index is 301. The molecule has 0 bridgehead atoms. The Morgan fingerprint density at radius 1 is 1.60 bits per heavy atom. The Morgan fingerprint density at radius 2 is 2.20 bits per heavy atom. The van der Waals surface area contributed by atoms with Crippen LogP contribution in [0.2, 0.25) is 0 Å². The Kier molecular flexibility index (Phi) is 3.41. The maximum atomic E-state index is 11.5. The first kappa shape index (κ1) is 11.6. The lowest BCUT2D eigenvalue weighted by Crippen LogP contribution is -2.55. The molecule has 1 rings (SSSR count). The van der Waals surface area contributed by atoms with Crippen LogP contribution in [-0.2, 0) is 14.4 Å². The number of hydrogen-bond acceptors (Lipinski definition) is 4. The van der Waals surface area contributed by atoms with Crippen molar-refractivity contribution in [1.29, 1.82) is 0 Å². The molecule has 84 valence electrons. The monoisotopic (exact) mass is 213 g/mol. The summed E-state index contributed by atoms with van der Waals surface area (Å²) in [7, 11) is 1.41. The second-order valence-electron chi connectivity index (χ2n) is 3.68. The summed E-state index contributed by atoms with van der Waals surface area (Å²) in [6.45, 7) is 1.54. The molecule has 1 fully saturated rings. The van der Waals surface area contributed by atoms with E-state index in [9.17, 15) is 14.4 Å². The molecule has 1 aliphatic heterocycles. The molecule has 3 amide bonds. The van der Waals surface area contributed by atoms with Gasteiger partial charge in [0, 0.05) is 13.5 Å². The third kappa shape index (κ3) is 2.53. The van der Waals surface area contributed by atoms with Crippen molar-refractivity contribution < 1.29 is 14.4 Å². The SMILES string of the molecule is C[C@H](N)C(=O)NC1CCC(=O)N(C)C1=O. The van der Waals surface area contributed by atoms with Gasteiger partial charge in [0.2, 0.25) is 11.8 Å². The average molecular weight is 213 g/mol. The van der Waals surface area contributed by atoms with E-state index in [1.165, 1.54) is 14.0 Å². The third-order valence-corrected chi connectivity index (χ3v) is 2.38. The predicted octanol–water partition coefficient (Wildman–Crippen LogP) is -1.40. The molecule has 2 atom stereocenters. The van der Waals surface area contributed by atoms with Crippen LogP contribution >= 0.6 is 0 Å². The largest absolute Gasteiger partial charge is 0.343 e. The van der Waals surface area contributed by atoms with E-state index in [0.29, 0.717) is 6.42 Å². The number of likely N-dealkylation sites (tertiary alicyclic amines) is 1. The zero-order valence-electron chi connectivity index (χ0n) is 8.82. The highest BCUT2D eigenvalue weighted by atomic mass is 16.2. The quantitative estimate of drug-likeness (QED) is 0.552. The second-order valence-corrected chi connectivity index (χ2v) is 3.68. The summed E-state index contributed by atoms with van der Waals surface area (Å²) in [4.78, 5) is 35.0. The Hall–Kier alpha value is -1.43. The fraction of sp³-hybridized carbons (Fsp3) is 0.667. The van der Waals surface area contributed by atoms with Gasteiger partial charge in [0.05, 0.1) is 6.04 Å². The van der Waals surface area contributed by atoms with Gasteiger partial charge in [-0.2, -0.15) is 0 Å². The van der Waals surface area contributed by atoms with Crippen LogP contribution in [0.4, 0.5) is 0 Å². The first-order chi connectivity index (χ1) is 6.93. The van der Waals surface area contributed by atoms with Crippen LogP contribution in [0, 0.1) is 0 Å². The Morgan fingerprint density at radius 3 is 2.73 bits per heavy atom. The van der Waals surface area contributed by atoms with E-state index in [1.54, 1.807) is 0 Å². The zero-order chi connectivity index (χ0) is 11.6. The van der Waals surface area contributed by atoms with E-state index >= 15 is 0 Å². The molecule has 0 spiro atoms. The first-order valence-electron chi connectivity index (χ1n) is 4.80. The molecule has 6 heteroatoms. The average Bonchev–Trinajstić information content (AvgIpc) is 2.18. The highest BCUT2D eigenvalue weighted by Crippen LogP contribution is 2.11. The lowest BCUT2D eigenvalue weighted by atomic mass is 10.0. The topological polar surface area (TPSA) is 92.5 Å². The van der Waals surface area contributed by atoms with E-state index in [2.05, 4.69) is 5.32 Å². The number of rotatable bonds is 2. The maximum Gasteiger partial charge on any atom is 0.251 e. The second kappa shape index (κ2) is 4.39. The molecular formula is C9H15N3O3. The standard InChI is InChI=1S/C9H15N3O3/c1-5(10)8(14)11-6-3-4-7(13)12(2)9(6)15/h5-6H,3-4,10H2,1-2H3,(H,11,14)/t5-,6?/m0/s1. The molecule has 1 saturated heterocycles. The van der Waals surface area contributed by atoms with Gasteiger partial charge in [-0.15, -0.1) is 0 Å². The van der Waals surface area contributed by atoms with Gasteiger partial charge in [0.1, 0.15) is 6.04 Å². The summed E-state index contributed by atoms with van der Waals surface area (Å²) >= 11 is 0. The van der Waals surface area contributed by atoms with Crippen LogP contribution in [0.5, 0.6) is 0 Å². The van der Waals surface area contributed by atoms with Crippen molar-refractivity contribution in [2.24, 2.45) is 5.73 Å². The normalized spacial score (nSPS) is 23.9. The minimum Gasteiger partial charge on any atom is -0.343 e. The number of amides is 3. The van der Waals surface area contributed by atoms with Gasteiger partial charge >= 0.3 is 0 Å². The van der Waals surface area contributed by atoms with Gasteiger partial charge in [-0.05, 0) is 13.3 Å². The van der Waals surface area contributed by atoms with Crippen LogP contribution in [-0.4, -0.2) is 41.8 Å². The molecule has 1 heterocycles. The smallest absolute Gasteiger partial charge is 0.251 e. The van der Waals surface area contributed by atoms with E-state index in [-0.39, 0.29) is 24.1 Å². The molecule has 1 aliphatic rings. The maximum absolute atomic E-state index is 11.5. The van der Waals surface area contributed by atoms with Gasteiger partial charge < -0.3 is 11.1 Å². The van der Waals surface area contributed by atoms with Gasteiger partial charge in [0.15, 0.2) is 0 Å². The van der Waals surface area contributed by atoms with Crippen molar-refractivity contribution in [3.63, 3.8) is 0 Å². The third-order valence-electron chi connectivity index (χ3n) is 2.38. The molecule has 0 radical (unpaired) electrons. The van der Waals surface area contributed by atoms with Gasteiger partial charge in [-0.25, -0.2) is 0 Å². The van der Waals surface area contributed by atoms with Crippen molar-refractivity contribution in [2.75, 3.05) is 7.05 Å². The van der Waals surface area contributed by atoms with Crippen LogP contribution in [0.25, 0.3) is 0 Å². The van der Waals surface area contributed by atoms with Crippen molar-refractivity contribution in [1.82, 2.24) is 10.2 Å². The fourth-order valence-electron chi connectivity index (χ4n) is 1.35. The molecule has 0 aliphatic carbocycles. The number of likely N-dealkylation sites (N-methyl/N-ethyl adjacent to an activating group) is 1. The highest BCUT2D eigenvalue weighted by Gasteiger charge is 2.32.